The summed E-state index contributed by atoms with van der Waals surface area (Å²) in [4.78, 5) is 0. The third-order valence-electron chi connectivity index (χ3n) is 3.90. The first-order valence-electron chi connectivity index (χ1n) is 7.59. The van der Waals surface area contributed by atoms with Crippen LogP contribution in [0.2, 0.25) is 0 Å². The molecular formula is C16H27NO4. The van der Waals surface area contributed by atoms with Crippen molar-refractivity contribution in [1.29, 1.82) is 5.26 Å². The Kier molecular flexibility index (Phi) is 4.65. The van der Waals surface area contributed by atoms with Crippen molar-refractivity contribution < 1.29 is 18.9 Å². The third-order valence-corrected chi connectivity index (χ3v) is 3.90. The first-order chi connectivity index (χ1) is 9.65. The zero-order chi connectivity index (χ0) is 15.8. The molecule has 21 heavy (non-hydrogen) atoms. The Morgan fingerprint density at radius 1 is 1.24 bits per heavy atom. The van der Waals surface area contributed by atoms with Gasteiger partial charge in [0.05, 0.1) is 12.2 Å². The average molecular weight is 297 g/mol. The lowest BCUT2D eigenvalue weighted by atomic mass is 9.82. The van der Waals surface area contributed by atoms with Crippen molar-refractivity contribution in [3.05, 3.63) is 0 Å². The SMILES string of the molecule is CO[C@@H]1O[C@H](CC(C#N)CC(C)(C)C)[C@H]2OC(C)(C)O[C@@H]12. The van der Waals surface area contributed by atoms with Crippen LogP contribution in [0.25, 0.3) is 0 Å². The van der Waals surface area contributed by atoms with Gasteiger partial charge in [0.15, 0.2) is 12.1 Å². The molecule has 2 saturated heterocycles. The van der Waals surface area contributed by atoms with Crippen LogP contribution in [-0.4, -0.2) is 37.5 Å². The predicted octanol–water partition coefficient (Wildman–Crippen LogP) is 2.84. The minimum absolute atomic E-state index is 0.0569. The van der Waals surface area contributed by atoms with Gasteiger partial charge in [0, 0.05) is 13.0 Å². The molecule has 120 valence electrons. The Bertz CT molecular complexity index is 409. The fourth-order valence-electron chi connectivity index (χ4n) is 3.22. The molecule has 0 aromatic heterocycles. The van der Waals surface area contributed by atoms with Crippen molar-refractivity contribution in [3.63, 3.8) is 0 Å². The fourth-order valence-corrected chi connectivity index (χ4v) is 3.22. The minimum Gasteiger partial charge on any atom is -0.353 e. The summed E-state index contributed by atoms with van der Waals surface area (Å²) in [6.07, 6.45) is 0.519. The molecule has 0 N–H and O–H groups in total. The van der Waals surface area contributed by atoms with Crippen LogP contribution in [0.1, 0.15) is 47.5 Å². The highest BCUT2D eigenvalue weighted by Gasteiger charge is 2.55. The van der Waals surface area contributed by atoms with Crippen molar-refractivity contribution in [1.82, 2.24) is 0 Å². The van der Waals surface area contributed by atoms with Gasteiger partial charge in [-0.25, -0.2) is 0 Å². The van der Waals surface area contributed by atoms with E-state index in [0.717, 1.165) is 6.42 Å². The van der Waals surface area contributed by atoms with Gasteiger partial charge in [-0.1, -0.05) is 20.8 Å². The normalized spacial score (nSPS) is 36.2. The van der Waals surface area contributed by atoms with Crippen LogP contribution in [0, 0.1) is 22.7 Å². The molecular weight excluding hydrogens is 270 g/mol. The molecule has 0 bridgehead atoms. The van der Waals surface area contributed by atoms with Crippen LogP contribution in [-0.2, 0) is 18.9 Å². The highest BCUT2D eigenvalue weighted by Crippen LogP contribution is 2.41. The molecule has 2 aliphatic heterocycles. The lowest BCUT2D eigenvalue weighted by molar-refractivity contribution is -0.228. The topological polar surface area (TPSA) is 60.7 Å². The van der Waals surface area contributed by atoms with E-state index in [2.05, 4.69) is 26.8 Å². The van der Waals surface area contributed by atoms with Crippen LogP contribution in [0.3, 0.4) is 0 Å². The lowest BCUT2D eigenvalue weighted by Gasteiger charge is -2.26. The van der Waals surface area contributed by atoms with Crippen molar-refractivity contribution in [2.75, 3.05) is 7.11 Å². The molecule has 5 atom stereocenters. The highest BCUT2D eigenvalue weighted by molar-refractivity contribution is 4.98. The number of ether oxygens (including phenoxy) is 4. The summed E-state index contributed by atoms with van der Waals surface area (Å²) in [7, 11) is 1.61. The van der Waals surface area contributed by atoms with Gasteiger partial charge in [-0.2, -0.15) is 5.26 Å². The van der Waals surface area contributed by atoms with Gasteiger partial charge in [0.1, 0.15) is 12.2 Å². The second-order valence-electron chi connectivity index (χ2n) is 7.67. The van der Waals surface area contributed by atoms with Gasteiger partial charge in [-0.3, -0.25) is 0 Å². The zero-order valence-corrected chi connectivity index (χ0v) is 13.9. The quantitative estimate of drug-likeness (QED) is 0.798. The molecule has 5 nitrogen and oxygen atoms in total. The van der Waals surface area contributed by atoms with Gasteiger partial charge in [0.2, 0.25) is 0 Å². The predicted molar refractivity (Wildman–Crippen MR) is 77.3 cm³/mol. The number of hydrogen-bond donors (Lipinski definition) is 0. The van der Waals surface area contributed by atoms with E-state index in [-0.39, 0.29) is 29.6 Å². The minimum atomic E-state index is -0.625. The summed E-state index contributed by atoms with van der Waals surface area (Å²) in [5, 5.41) is 9.41. The molecule has 1 unspecified atom stereocenters. The summed E-state index contributed by atoms with van der Waals surface area (Å²) in [6.45, 7) is 10.2. The Morgan fingerprint density at radius 3 is 2.38 bits per heavy atom. The van der Waals surface area contributed by atoms with Gasteiger partial charge in [-0.15, -0.1) is 0 Å². The summed E-state index contributed by atoms with van der Waals surface area (Å²) in [6, 6.07) is 2.40. The van der Waals surface area contributed by atoms with Gasteiger partial charge >= 0.3 is 0 Å². The standard InChI is InChI=1S/C16H27NO4/c1-15(2,3)8-10(9-17)7-11-12-13(14(18-6)19-11)21-16(4,5)20-12/h10-14H,7-8H2,1-6H3/t10?,11-,12-,13-,14-/m1/s1. The van der Waals surface area contributed by atoms with Crippen molar-refractivity contribution in [3.8, 4) is 6.07 Å². The summed E-state index contributed by atoms with van der Waals surface area (Å²) >= 11 is 0. The average Bonchev–Trinajstić information content (AvgIpc) is 2.81. The molecule has 2 fully saturated rings. The molecule has 2 aliphatic rings. The number of nitriles is 1. The van der Waals surface area contributed by atoms with Gasteiger partial charge < -0.3 is 18.9 Å². The molecule has 0 aliphatic carbocycles. The fraction of sp³-hybridized carbons (Fsp3) is 0.938. The van der Waals surface area contributed by atoms with Crippen LogP contribution in [0.4, 0.5) is 0 Å². The van der Waals surface area contributed by atoms with Crippen LogP contribution in [0.15, 0.2) is 0 Å². The Balaban J connectivity index is 2.05. The number of hydrogen-bond acceptors (Lipinski definition) is 5. The molecule has 0 radical (unpaired) electrons. The molecule has 0 aromatic carbocycles. The molecule has 2 rings (SSSR count). The number of nitrogens with zero attached hydrogens (tertiary/aromatic N) is 1. The number of fused-ring (bicyclic) bond motifs is 1. The third kappa shape index (κ3) is 3.95. The monoisotopic (exact) mass is 297 g/mol. The van der Waals surface area contributed by atoms with Gasteiger partial charge in [-0.05, 0) is 32.1 Å². The first-order valence-corrected chi connectivity index (χ1v) is 7.59. The molecule has 5 heteroatoms. The number of methoxy groups -OCH3 is 1. The van der Waals surface area contributed by atoms with E-state index < -0.39 is 12.1 Å². The van der Waals surface area contributed by atoms with Crippen molar-refractivity contribution in [2.24, 2.45) is 11.3 Å². The number of rotatable bonds is 4. The second-order valence-corrected chi connectivity index (χ2v) is 7.67. The lowest BCUT2D eigenvalue weighted by Crippen LogP contribution is -2.31. The Labute approximate surface area is 127 Å². The zero-order valence-electron chi connectivity index (χ0n) is 13.9. The molecule has 0 spiro atoms. The largest absolute Gasteiger partial charge is 0.353 e. The summed E-state index contributed by atoms with van der Waals surface area (Å²) in [5.74, 6) is -0.682. The van der Waals surface area contributed by atoms with E-state index in [9.17, 15) is 5.26 Å². The van der Waals surface area contributed by atoms with E-state index in [0.29, 0.717) is 6.42 Å². The van der Waals surface area contributed by atoms with Gasteiger partial charge in [0.25, 0.3) is 0 Å². The van der Waals surface area contributed by atoms with E-state index >= 15 is 0 Å². The second kappa shape index (κ2) is 5.85. The van der Waals surface area contributed by atoms with Crippen molar-refractivity contribution >= 4 is 0 Å². The Morgan fingerprint density at radius 2 is 1.86 bits per heavy atom. The highest BCUT2D eigenvalue weighted by atomic mass is 16.8. The van der Waals surface area contributed by atoms with E-state index in [4.69, 9.17) is 18.9 Å². The molecule has 0 saturated carbocycles. The molecule has 0 amide bonds. The first kappa shape index (κ1) is 16.7. The van der Waals surface area contributed by atoms with Crippen molar-refractivity contribution in [2.45, 2.75) is 77.8 Å². The maximum Gasteiger partial charge on any atom is 0.186 e. The molecule has 0 aromatic rings. The van der Waals surface area contributed by atoms with Crippen LogP contribution in [0.5, 0.6) is 0 Å². The van der Waals surface area contributed by atoms with E-state index in [1.165, 1.54) is 0 Å². The maximum atomic E-state index is 9.41. The molecule has 2 heterocycles. The summed E-state index contributed by atoms with van der Waals surface area (Å²) < 4.78 is 23.1. The Hall–Kier alpha value is -0.670. The van der Waals surface area contributed by atoms with E-state index in [1.54, 1.807) is 7.11 Å². The smallest absolute Gasteiger partial charge is 0.186 e. The van der Waals surface area contributed by atoms with E-state index in [1.807, 2.05) is 13.8 Å². The summed E-state index contributed by atoms with van der Waals surface area (Å²) in [5.41, 5.74) is 0.116. The van der Waals surface area contributed by atoms with Crippen LogP contribution >= 0.6 is 0 Å². The van der Waals surface area contributed by atoms with Crippen LogP contribution < -0.4 is 0 Å². The maximum absolute atomic E-state index is 9.41.